The Labute approximate surface area is 131 Å². The number of carbonyl (C=O) groups is 1. The summed E-state index contributed by atoms with van der Waals surface area (Å²) >= 11 is 0. The van der Waals surface area contributed by atoms with Crippen LogP contribution in [0.2, 0.25) is 0 Å². The van der Waals surface area contributed by atoms with Gasteiger partial charge in [0.2, 0.25) is 0 Å². The van der Waals surface area contributed by atoms with Crippen LogP contribution < -0.4 is 5.32 Å². The average Bonchev–Trinajstić information content (AvgIpc) is 2.92. The van der Waals surface area contributed by atoms with Gasteiger partial charge in [0.05, 0.1) is 0 Å². The van der Waals surface area contributed by atoms with Gasteiger partial charge in [0.15, 0.2) is 0 Å². The lowest BCUT2D eigenvalue weighted by Crippen LogP contribution is -2.38. The molecule has 0 radical (unpaired) electrons. The first-order chi connectivity index (χ1) is 10.7. The van der Waals surface area contributed by atoms with E-state index in [4.69, 9.17) is 4.74 Å². The van der Waals surface area contributed by atoms with Crippen LogP contribution in [0.15, 0.2) is 24.3 Å². The maximum Gasteiger partial charge on any atom is 0.267 e. The summed E-state index contributed by atoms with van der Waals surface area (Å²) in [5.74, 6) is 0.651. The monoisotopic (exact) mass is 300 g/mol. The summed E-state index contributed by atoms with van der Waals surface area (Å²) in [6.07, 6.45) is 4.34. The van der Waals surface area contributed by atoms with Crippen molar-refractivity contribution in [2.75, 3.05) is 13.7 Å². The molecule has 4 nitrogen and oxygen atoms in total. The number of aromatic nitrogens is 1. The lowest BCUT2D eigenvalue weighted by atomic mass is 9.86. The SMILES string of the molecule is COC[C@H]1CC[C@H](NC(=O)c2cc3cc(C)ccc3[nH]2)CC1. The lowest BCUT2D eigenvalue weighted by molar-refractivity contribution is 0.0894. The van der Waals surface area contributed by atoms with Gasteiger partial charge in [-0.05, 0) is 56.7 Å². The molecule has 1 heterocycles. The second-order valence-electron chi connectivity index (χ2n) is 6.42. The maximum absolute atomic E-state index is 12.4. The summed E-state index contributed by atoms with van der Waals surface area (Å²) < 4.78 is 5.22. The molecule has 1 aliphatic carbocycles. The van der Waals surface area contributed by atoms with Crippen LogP contribution in [0.25, 0.3) is 10.9 Å². The van der Waals surface area contributed by atoms with Crippen molar-refractivity contribution in [1.82, 2.24) is 10.3 Å². The standard InChI is InChI=1S/C18H24N2O2/c1-12-3-8-16-14(9-12)10-17(20-16)18(21)19-15-6-4-13(5-7-15)11-22-2/h3,8-10,13,15,20H,4-7,11H2,1-2H3,(H,19,21)/t13-,15-. The number of carbonyl (C=O) groups excluding carboxylic acids is 1. The quantitative estimate of drug-likeness (QED) is 0.909. The molecule has 0 atom stereocenters. The molecule has 0 spiro atoms. The van der Waals surface area contributed by atoms with E-state index in [1.165, 1.54) is 5.56 Å². The molecule has 0 aliphatic heterocycles. The largest absolute Gasteiger partial charge is 0.384 e. The summed E-state index contributed by atoms with van der Waals surface area (Å²) in [6, 6.07) is 8.40. The second kappa shape index (κ2) is 6.53. The summed E-state index contributed by atoms with van der Waals surface area (Å²) in [4.78, 5) is 15.6. The Morgan fingerprint density at radius 1 is 1.27 bits per heavy atom. The fourth-order valence-electron chi connectivity index (χ4n) is 3.35. The van der Waals surface area contributed by atoms with Gasteiger partial charge < -0.3 is 15.0 Å². The fraction of sp³-hybridized carbons (Fsp3) is 0.500. The van der Waals surface area contributed by atoms with Crippen molar-refractivity contribution in [1.29, 1.82) is 0 Å². The van der Waals surface area contributed by atoms with Crippen LogP contribution in [0, 0.1) is 12.8 Å². The first-order valence-corrected chi connectivity index (χ1v) is 8.05. The van der Waals surface area contributed by atoms with E-state index < -0.39 is 0 Å². The topological polar surface area (TPSA) is 54.1 Å². The summed E-state index contributed by atoms with van der Waals surface area (Å²) in [7, 11) is 1.76. The molecular weight excluding hydrogens is 276 g/mol. The number of nitrogens with one attached hydrogen (secondary N) is 2. The second-order valence-corrected chi connectivity index (χ2v) is 6.42. The van der Waals surface area contributed by atoms with E-state index in [0.717, 1.165) is 43.2 Å². The maximum atomic E-state index is 12.4. The predicted octanol–water partition coefficient (Wildman–Crippen LogP) is 3.41. The first kappa shape index (κ1) is 15.1. The number of amides is 1. The van der Waals surface area contributed by atoms with Crippen LogP contribution >= 0.6 is 0 Å². The molecule has 0 bridgehead atoms. The molecule has 22 heavy (non-hydrogen) atoms. The van der Waals surface area contributed by atoms with E-state index >= 15 is 0 Å². The van der Waals surface area contributed by atoms with Crippen molar-refractivity contribution in [3.63, 3.8) is 0 Å². The number of ether oxygens (including phenoxy) is 1. The molecule has 1 fully saturated rings. The van der Waals surface area contributed by atoms with Gasteiger partial charge in [0, 0.05) is 30.7 Å². The van der Waals surface area contributed by atoms with Gasteiger partial charge >= 0.3 is 0 Å². The van der Waals surface area contributed by atoms with Gasteiger partial charge in [-0.1, -0.05) is 11.6 Å². The highest BCUT2D eigenvalue weighted by Crippen LogP contribution is 2.25. The molecule has 118 valence electrons. The highest BCUT2D eigenvalue weighted by Gasteiger charge is 2.23. The van der Waals surface area contributed by atoms with Gasteiger partial charge in [0.1, 0.15) is 5.69 Å². The first-order valence-electron chi connectivity index (χ1n) is 8.05. The summed E-state index contributed by atoms with van der Waals surface area (Å²) in [6.45, 7) is 2.90. The van der Waals surface area contributed by atoms with E-state index in [2.05, 4.69) is 29.4 Å². The molecule has 1 amide bonds. The van der Waals surface area contributed by atoms with Crippen LogP contribution in [0.5, 0.6) is 0 Å². The van der Waals surface area contributed by atoms with Crippen molar-refractivity contribution in [2.45, 2.75) is 38.6 Å². The van der Waals surface area contributed by atoms with Crippen LogP contribution in [-0.2, 0) is 4.74 Å². The van der Waals surface area contributed by atoms with Crippen LogP contribution in [0.3, 0.4) is 0 Å². The van der Waals surface area contributed by atoms with E-state index in [1.807, 2.05) is 12.1 Å². The zero-order valence-electron chi connectivity index (χ0n) is 13.3. The number of aromatic amines is 1. The summed E-state index contributed by atoms with van der Waals surface area (Å²) in [5, 5.41) is 4.25. The normalized spacial score (nSPS) is 21.9. The third kappa shape index (κ3) is 3.33. The van der Waals surface area contributed by atoms with Crippen LogP contribution in [0.1, 0.15) is 41.7 Å². The lowest BCUT2D eigenvalue weighted by Gasteiger charge is -2.28. The van der Waals surface area contributed by atoms with Crippen molar-refractivity contribution < 1.29 is 9.53 Å². The summed E-state index contributed by atoms with van der Waals surface area (Å²) in [5.41, 5.74) is 2.87. The smallest absolute Gasteiger partial charge is 0.267 e. The molecule has 1 aliphatic rings. The minimum absolute atomic E-state index is 0.00374. The Bertz CT molecular complexity index is 654. The van der Waals surface area contributed by atoms with E-state index in [1.54, 1.807) is 7.11 Å². The highest BCUT2D eigenvalue weighted by atomic mass is 16.5. The zero-order valence-corrected chi connectivity index (χ0v) is 13.3. The van der Waals surface area contributed by atoms with Gasteiger partial charge in [-0.2, -0.15) is 0 Å². The minimum Gasteiger partial charge on any atom is -0.384 e. The fourth-order valence-corrected chi connectivity index (χ4v) is 3.35. The number of H-pyrrole nitrogens is 1. The molecule has 2 aromatic rings. The Balaban J connectivity index is 1.61. The molecular formula is C18H24N2O2. The van der Waals surface area contributed by atoms with Gasteiger partial charge in [-0.25, -0.2) is 0 Å². The average molecular weight is 300 g/mol. The Morgan fingerprint density at radius 2 is 2.05 bits per heavy atom. The Morgan fingerprint density at radius 3 is 2.77 bits per heavy atom. The number of aryl methyl sites for hydroxylation is 1. The van der Waals surface area contributed by atoms with E-state index in [9.17, 15) is 4.79 Å². The molecule has 0 unspecified atom stereocenters. The molecule has 4 heteroatoms. The van der Waals surface area contributed by atoms with Crippen molar-refractivity contribution in [2.24, 2.45) is 5.92 Å². The van der Waals surface area contributed by atoms with Crippen molar-refractivity contribution in [3.05, 3.63) is 35.5 Å². The highest BCUT2D eigenvalue weighted by molar-refractivity contribution is 5.98. The number of methoxy groups -OCH3 is 1. The van der Waals surface area contributed by atoms with Crippen LogP contribution in [-0.4, -0.2) is 30.6 Å². The van der Waals surface area contributed by atoms with Gasteiger partial charge in [-0.15, -0.1) is 0 Å². The molecule has 1 aromatic carbocycles. The number of fused-ring (bicyclic) bond motifs is 1. The Kier molecular flexibility index (Phi) is 4.48. The predicted molar refractivity (Wildman–Crippen MR) is 88.1 cm³/mol. The van der Waals surface area contributed by atoms with Crippen molar-refractivity contribution in [3.8, 4) is 0 Å². The molecule has 2 N–H and O–H groups in total. The molecule has 3 rings (SSSR count). The van der Waals surface area contributed by atoms with Gasteiger partial charge in [0.25, 0.3) is 5.91 Å². The van der Waals surface area contributed by atoms with E-state index in [0.29, 0.717) is 11.6 Å². The van der Waals surface area contributed by atoms with Crippen LogP contribution in [0.4, 0.5) is 0 Å². The number of hydrogen-bond donors (Lipinski definition) is 2. The minimum atomic E-state index is 0.00374. The number of hydrogen-bond acceptors (Lipinski definition) is 2. The zero-order chi connectivity index (χ0) is 15.5. The molecule has 1 aromatic heterocycles. The number of rotatable bonds is 4. The molecule has 1 saturated carbocycles. The Hall–Kier alpha value is -1.81. The third-order valence-electron chi connectivity index (χ3n) is 4.61. The number of benzene rings is 1. The molecule has 0 saturated heterocycles. The van der Waals surface area contributed by atoms with Crippen molar-refractivity contribution >= 4 is 16.8 Å². The third-order valence-corrected chi connectivity index (χ3v) is 4.61. The van der Waals surface area contributed by atoms with Gasteiger partial charge in [-0.3, -0.25) is 4.79 Å². The van der Waals surface area contributed by atoms with E-state index in [-0.39, 0.29) is 11.9 Å².